The van der Waals surface area contributed by atoms with Crippen LogP contribution >= 0.6 is 18.2 Å². The number of aromatic nitrogens is 4. The lowest BCUT2D eigenvalue weighted by atomic mass is 10.1. The second kappa shape index (κ2) is 6.11. The highest BCUT2D eigenvalue weighted by Gasteiger charge is 2.45. The van der Waals surface area contributed by atoms with Gasteiger partial charge in [-0.05, 0) is 11.4 Å². The van der Waals surface area contributed by atoms with Gasteiger partial charge in [-0.3, -0.25) is 4.57 Å². The lowest BCUT2D eigenvalue weighted by molar-refractivity contribution is -0.0274. The molecule has 12 nitrogen and oxygen atoms in total. The molecule has 3 rings (SSSR count). The van der Waals surface area contributed by atoms with Crippen LogP contribution in [-0.2, 0) is 9.30 Å². The van der Waals surface area contributed by atoms with Crippen LogP contribution in [0.3, 0.4) is 0 Å². The SMILES string of the molecule is Nc1ncnc2c1nc(N)n2[C@@H]1O[C@H](CSP(=O)(O)O)[C@@H](O)[C@H]1O. The zero-order valence-corrected chi connectivity index (χ0v) is 13.7. The van der Waals surface area contributed by atoms with Crippen LogP contribution in [0.1, 0.15) is 6.23 Å². The van der Waals surface area contributed by atoms with Gasteiger partial charge in [0.15, 0.2) is 23.2 Å². The first-order valence-corrected chi connectivity index (χ1v) is 9.85. The van der Waals surface area contributed by atoms with Gasteiger partial charge in [0.05, 0.1) is 6.10 Å². The molecule has 24 heavy (non-hydrogen) atoms. The fourth-order valence-electron chi connectivity index (χ4n) is 2.44. The molecule has 4 atom stereocenters. The van der Waals surface area contributed by atoms with Crippen molar-refractivity contribution in [2.45, 2.75) is 24.5 Å². The Balaban J connectivity index is 1.92. The molecule has 1 aliphatic rings. The number of imidazole rings is 1. The van der Waals surface area contributed by atoms with Gasteiger partial charge in [-0.15, -0.1) is 0 Å². The molecule has 0 unspecified atom stereocenters. The minimum atomic E-state index is -4.34. The van der Waals surface area contributed by atoms with Gasteiger partial charge in [0.25, 0.3) is 0 Å². The summed E-state index contributed by atoms with van der Waals surface area (Å²) in [6.45, 7) is -4.34. The van der Waals surface area contributed by atoms with Gasteiger partial charge in [0.2, 0.25) is 5.95 Å². The maximum absolute atomic E-state index is 10.9. The summed E-state index contributed by atoms with van der Waals surface area (Å²) in [4.78, 5) is 29.6. The van der Waals surface area contributed by atoms with Crippen molar-refractivity contribution in [3.8, 4) is 0 Å². The normalized spacial score (nSPS) is 27.8. The summed E-state index contributed by atoms with van der Waals surface area (Å²) >= 11 is 0.315. The number of rotatable bonds is 4. The Labute approximate surface area is 138 Å². The summed E-state index contributed by atoms with van der Waals surface area (Å²) in [5.41, 5.74) is 11.9. The number of hydrogen-bond acceptors (Lipinski definition) is 10. The van der Waals surface area contributed by atoms with Crippen LogP contribution in [-0.4, -0.2) is 63.6 Å². The first-order chi connectivity index (χ1) is 11.2. The van der Waals surface area contributed by atoms with Crippen molar-refractivity contribution in [3.05, 3.63) is 6.33 Å². The van der Waals surface area contributed by atoms with E-state index in [9.17, 15) is 14.8 Å². The number of nitrogen functional groups attached to an aromatic ring is 2. The van der Waals surface area contributed by atoms with E-state index < -0.39 is 31.3 Å². The van der Waals surface area contributed by atoms with E-state index >= 15 is 0 Å². The smallest absolute Gasteiger partial charge is 0.384 e. The third-order valence-corrected chi connectivity index (χ3v) is 5.80. The summed E-state index contributed by atoms with van der Waals surface area (Å²) in [7, 11) is 0. The molecule has 0 bridgehead atoms. The molecule has 0 radical (unpaired) electrons. The number of anilines is 2. The van der Waals surface area contributed by atoms with Crippen LogP contribution in [0.25, 0.3) is 11.2 Å². The molecule has 2 aromatic heterocycles. The van der Waals surface area contributed by atoms with Crippen LogP contribution in [0, 0.1) is 0 Å². The Kier molecular flexibility index (Phi) is 4.42. The summed E-state index contributed by atoms with van der Waals surface area (Å²) in [6, 6.07) is 0. The summed E-state index contributed by atoms with van der Waals surface area (Å²) in [5, 5.41) is 20.3. The van der Waals surface area contributed by atoms with Crippen molar-refractivity contribution >= 4 is 41.1 Å². The molecule has 0 amide bonds. The van der Waals surface area contributed by atoms with E-state index in [4.69, 9.17) is 26.0 Å². The molecule has 14 heteroatoms. The van der Waals surface area contributed by atoms with Crippen molar-refractivity contribution in [3.63, 3.8) is 0 Å². The lowest BCUT2D eigenvalue weighted by Gasteiger charge is -2.17. The first kappa shape index (κ1) is 17.4. The fourth-order valence-corrected chi connectivity index (χ4v) is 4.08. The molecule has 3 heterocycles. The van der Waals surface area contributed by atoms with Crippen molar-refractivity contribution in [1.29, 1.82) is 0 Å². The highest BCUT2D eigenvalue weighted by atomic mass is 32.7. The van der Waals surface area contributed by atoms with Gasteiger partial charge in [-0.1, -0.05) is 0 Å². The van der Waals surface area contributed by atoms with Crippen molar-refractivity contribution in [2.24, 2.45) is 0 Å². The molecule has 132 valence electrons. The van der Waals surface area contributed by atoms with Crippen LogP contribution in [0.4, 0.5) is 11.8 Å². The van der Waals surface area contributed by atoms with E-state index in [2.05, 4.69) is 15.0 Å². The first-order valence-electron chi connectivity index (χ1n) is 6.64. The highest BCUT2D eigenvalue weighted by Crippen LogP contribution is 2.51. The third-order valence-electron chi connectivity index (χ3n) is 3.53. The standard InChI is InChI=1S/C10H15N6O6PS/c11-7-4-8(14-2-13-7)16(10(12)15-4)9-6(18)5(17)3(22-9)1-24-23(19,20)21/h2-3,5-6,9,17-18H,1H2,(H2,12,15)(H2,11,13,14)(H2,19,20,21)/t3-,5-,6-,9-/m1/s1. The van der Waals surface area contributed by atoms with E-state index in [1.165, 1.54) is 10.9 Å². The molecule has 0 aromatic carbocycles. The highest BCUT2D eigenvalue weighted by molar-refractivity contribution is 8.54. The van der Waals surface area contributed by atoms with Crippen molar-refractivity contribution in [2.75, 3.05) is 17.2 Å². The number of nitrogens with zero attached hydrogens (tertiary/aromatic N) is 4. The topological polar surface area (TPSA) is 203 Å². The Morgan fingerprint density at radius 2 is 2.00 bits per heavy atom. The Hall–Kier alpha value is -1.47. The Bertz CT molecular complexity index is 812. The molecule has 0 aliphatic carbocycles. The predicted octanol–water partition coefficient (Wildman–Crippen LogP) is -1.56. The van der Waals surface area contributed by atoms with E-state index in [0.29, 0.717) is 11.4 Å². The van der Waals surface area contributed by atoms with Crippen LogP contribution in [0.15, 0.2) is 6.33 Å². The number of ether oxygens (including phenoxy) is 1. The Morgan fingerprint density at radius 1 is 1.29 bits per heavy atom. The molecule has 0 spiro atoms. The molecular weight excluding hydrogens is 363 g/mol. The van der Waals surface area contributed by atoms with E-state index in [0.717, 1.165) is 0 Å². The average Bonchev–Trinajstić information content (AvgIpc) is 2.96. The van der Waals surface area contributed by atoms with Gasteiger partial charge in [-0.2, -0.15) is 0 Å². The van der Waals surface area contributed by atoms with Crippen LogP contribution in [0.5, 0.6) is 0 Å². The van der Waals surface area contributed by atoms with E-state index in [1.807, 2.05) is 0 Å². The number of nitrogens with two attached hydrogens (primary N) is 2. The molecule has 1 fully saturated rings. The van der Waals surface area contributed by atoms with Gasteiger partial charge in [-0.25, -0.2) is 19.5 Å². The number of fused-ring (bicyclic) bond motifs is 1. The second-order valence-electron chi connectivity index (χ2n) is 5.10. The summed E-state index contributed by atoms with van der Waals surface area (Å²) in [6.07, 6.45) is -3.73. The van der Waals surface area contributed by atoms with E-state index in [-0.39, 0.29) is 28.7 Å². The van der Waals surface area contributed by atoms with Crippen LogP contribution < -0.4 is 11.5 Å². The molecule has 1 saturated heterocycles. The minimum Gasteiger partial charge on any atom is -0.387 e. The van der Waals surface area contributed by atoms with Gasteiger partial charge in [0, 0.05) is 5.75 Å². The summed E-state index contributed by atoms with van der Waals surface area (Å²) in [5.74, 6) is -0.188. The van der Waals surface area contributed by atoms with Gasteiger partial charge >= 0.3 is 6.80 Å². The largest absolute Gasteiger partial charge is 0.387 e. The van der Waals surface area contributed by atoms with Crippen molar-refractivity contribution in [1.82, 2.24) is 19.5 Å². The van der Waals surface area contributed by atoms with Crippen molar-refractivity contribution < 1.29 is 29.3 Å². The monoisotopic (exact) mass is 378 g/mol. The lowest BCUT2D eigenvalue weighted by Crippen LogP contribution is -2.32. The molecule has 2 aromatic rings. The maximum Gasteiger partial charge on any atom is 0.384 e. The predicted molar refractivity (Wildman–Crippen MR) is 84.6 cm³/mol. The zero-order chi connectivity index (χ0) is 17.6. The van der Waals surface area contributed by atoms with E-state index in [1.54, 1.807) is 0 Å². The molecular formula is C10H15N6O6PS. The molecule has 8 N–H and O–H groups in total. The third kappa shape index (κ3) is 3.07. The number of aliphatic hydroxyl groups excluding tert-OH is 2. The van der Waals surface area contributed by atoms with Gasteiger partial charge < -0.3 is 36.2 Å². The minimum absolute atomic E-state index is 0.0586. The average molecular weight is 378 g/mol. The number of aliphatic hydroxyl groups is 2. The quantitative estimate of drug-likeness (QED) is 0.334. The summed E-state index contributed by atoms with van der Waals surface area (Å²) < 4.78 is 17.7. The molecule has 0 saturated carbocycles. The zero-order valence-electron chi connectivity index (χ0n) is 12.0. The molecule has 1 aliphatic heterocycles. The fraction of sp³-hybridized carbons (Fsp3) is 0.500. The maximum atomic E-state index is 10.9. The van der Waals surface area contributed by atoms with Crippen LogP contribution in [0.2, 0.25) is 0 Å². The number of hydrogen-bond donors (Lipinski definition) is 6. The Morgan fingerprint density at radius 3 is 2.67 bits per heavy atom. The second-order valence-corrected chi connectivity index (χ2v) is 8.88. The van der Waals surface area contributed by atoms with Gasteiger partial charge in [0.1, 0.15) is 18.5 Å².